The molecule has 3 aromatic rings. The van der Waals surface area contributed by atoms with Gasteiger partial charge in [-0.2, -0.15) is 10.1 Å². The Morgan fingerprint density at radius 2 is 1.79 bits per heavy atom. The van der Waals surface area contributed by atoms with Crippen LogP contribution in [0.2, 0.25) is 0 Å². The predicted molar refractivity (Wildman–Crippen MR) is 149 cm³/mol. The molecule has 1 N–H and O–H groups in total. The molecule has 1 amide bonds. The van der Waals surface area contributed by atoms with Crippen molar-refractivity contribution in [1.29, 1.82) is 0 Å². The van der Waals surface area contributed by atoms with Gasteiger partial charge in [0, 0.05) is 25.6 Å². The quantitative estimate of drug-likeness (QED) is 0.274. The molecule has 224 valence electrons. The predicted octanol–water partition coefficient (Wildman–Crippen LogP) is 5.22. The Labute approximate surface area is 241 Å². The van der Waals surface area contributed by atoms with Crippen LogP contribution in [0.5, 0.6) is 5.75 Å². The van der Waals surface area contributed by atoms with Gasteiger partial charge in [0.25, 0.3) is 0 Å². The van der Waals surface area contributed by atoms with E-state index in [0.717, 1.165) is 31.4 Å². The molecule has 1 aliphatic rings. The van der Waals surface area contributed by atoms with Gasteiger partial charge < -0.3 is 10.1 Å². The van der Waals surface area contributed by atoms with E-state index in [1.165, 1.54) is 36.0 Å². The summed E-state index contributed by atoms with van der Waals surface area (Å²) in [5, 5.41) is 10.7. The molecule has 12 heteroatoms. The number of halogens is 3. The van der Waals surface area contributed by atoms with Crippen molar-refractivity contribution in [2.45, 2.75) is 83.5 Å². The number of unbranched alkanes of at least 4 members (excludes halogenated alkanes) is 1. The highest BCUT2D eigenvalue weighted by atomic mass is 19.4. The summed E-state index contributed by atoms with van der Waals surface area (Å²) in [6.45, 7) is 0.485. The zero-order chi connectivity index (χ0) is 30.0. The minimum absolute atomic E-state index is 0.142. The fourth-order valence-electron chi connectivity index (χ4n) is 5.09. The molecule has 1 aromatic carbocycles. The normalized spacial score (nSPS) is 14.0. The molecule has 42 heavy (non-hydrogen) atoms. The van der Waals surface area contributed by atoms with Gasteiger partial charge in [0.05, 0.1) is 17.8 Å². The maximum absolute atomic E-state index is 12.4. The molecule has 0 atom stereocenters. The third-order valence-corrected chi connectivity index (χ3v) is 7.12. The van der Waals surface area contributed by atoms with Gasteiger partial charge in [-0.25, -0.2) is 4.79 Å². The van der Waals surface area contributed by atoms with Crippen LogP contribution in [0.25, 0.3) is 0 Å². The largest absolute Gasteiger partial charge is 0.573 e. The van der Waals surface area contributed by atoms with Crippen LogP contribution in [0.4, 0.5) is 19.0 Å². The SMILES string of the molecule is O=C(Cc1ccn(CCCCc2ccc(NC(=O)Cc3cccc(OC(F)(F)F)c3)nn2)c(=O)n1)CC1CCCCC1. The summed E-state index contributed by atoms with van der Waals surface area (Å²) in [6.07, 6.45) is 5.40. The van der Waals surface area contributed by atoms with E-state index in [1.807, 2.05) is 0 Å². The van der Waals surface area contributed by atoms with Crippen LogP contribution >= 0.6 is 0 Å². The summed E-state index contributed by atoms with van der Waals surface area (Å²) in [5.41, 5.74) is 1.22. The first-order chi connectivity index (χ1) is 20.1. The number of nitrogens with zero attached hydrogens (tertiary/aromatic N) is 4. The van der Waals surface area contributed by atoms with E-state index >= 15 is 0 Å². The summed E-state index contributed by atoms with van der Waals surface area (Å²) >= 11 is 0. The Kier molecular flexibility index (Phi) is 10.8. The van der Waals surface area contributed by atoms with E-state index in [9.17, 15) is 27.6 Å². The van der Waals surface area contributed by atoms with E-state index in [-0.39, 0.29) is 30.1 Å². The van der Waals surface area contributed by atoms with Crippen LogP contribution in [0, 0.1) is 5.92 Å². The number of amides is 1. The first-order valence-electron chi connectivity index (χ1n) is 14.2. The molecule has 2 heterocycles. The number of nitrogens with one attached hydrogen (secondary N) is 1. The number of alkyl halides is 3. The molecule has 0 radical (unpaired) electrons. The minimum Gasteiger partial charge on any atom is -0.406 e. The van der Waals surface area contributed by atoms with Crippen molar-refractivity contribution in [3.8, 4) is 5.75 Å². The lowest BCUT2D eigenvalue weighted by molar-refractivity contribution is -0.274. The van der Waals surface area contributed by atoms with Gasteiger partial charge in [-0.1, -0.05) is 44.2 Å². The molecular weight excluding hydrogens is 551 g/mol. The van der Waals surface area contributed by atoms with Gasteiger partial charge in [0.15, 0.2) is 5.82 Å². The van der Waals surface area contributed by atoms with Crippen molar-refractivity contribution in [3.05, 3.63) is 76.1 Å². The summed E-state index contributed by atoms with van der Waals surface area (Å²) in [6, 6.07) is 10.3. The second-order valence-electron chi connectivity index (χ2n) is 10.6. The number of aromatic nitrogens is 4. The number of anilines is 1. The number of ether oxygens (including phenoxy) is 1. The molecule has 1 aliphatic carbocycles. The summed E-state index contributed by atoms with van der Waals surface area (Å²) in [4.78, 5) is 41.2. The number of aryl methyl sites for hydroxylation is 2. The van der Waals surface area contributed by atoms with E-state index in [4.69, 9.17) is 0 Å². The Morgan fingerprint density at radius 3 is 2.50 bits per heavy atom. The van der Waals surface area contributed by atoms with E-state index < -0.39 is 18.0 Å². The fraction of sp³-hybridized carbons (Fsp3) is 0.467. The van der Waals surface area contributed by atoms with Crippen LogP contribution in [-0.2, 0) is 35.4 Å². The van der Waals surface area contributed by atoms with Gasteiger partial charge in [-0.15, -0.1) is 18.3 Å². The molecule has 1 fully saturated rings. The molecule has 0 unspecified atom stereocenters. The van der Waals surface area contributed by atoms with Crippen molar-refractivity contribution in [1.82, 2.24) is 19.7 Å². The summed E-state index contributed by atoms with van der Waals surface area (Å²) in [5.74, 6) is -0.0243. The van der Waals surface area contributed by atoms with Crippen LogP contribution in [0.1, 0.15) is 68.3 Å². The number of hydrogen-bond donors (Lipinski definition) is 1. The third kappa shape index (κ3) is 10.4. The molecule has 0 aliphatic heterocycles. The molecule has 0 bridgehead atoms. The number of rotatable bonds is 13. The molecule has 2 aromatic heterocycles. The lowest BCUT2D eigenvalue weighted by Gasteiger charge is -2.20. The molecular formula is C30H34F3N5O4. The first-order valence-corrected chi connectivity index (χ1v) is 14.2. The molecule has 0 spiro atoms. The Balaban J connectivity index is 1.17. The number of hydrogen-bond acceptors (Lipinski definition) is 7. The smallest absolute Gasteiger partial charge is 0.406 e. The maximum Gasteiger partial charge on any atom is 0.573 e. The second-order valence-corrected chi connectivity index (χ2v) is 10.6. The van der Waals surface area contributed by atoms with Gasteiger partial charge in [-0.3, -0.25) is 14.2 Å². The summed E-state index contributed by atoms with van der Waals surface area (Å²) < 4.78 is 42.6. The van der Waals surface area contributed by atoms with Crippen molar-refractivity contribution in [2.75, 3.05) is 5.32 Å². The molecule has 9 nitrogen and oxygen atoms in total. The molecule has 1 saturated carbocycles. The number of benzene rings is 1. The zero-order valence-corrected chi connectivity index (χ0v) is 23.2. The average Bonchev–Trinajstić information content (AvgIpc) is 2.92. The van der Waals surface area contributed by atoms with Gasteiger partial charge in [-0.05, 0) is 61.1 Å². The van der Waals surface area contributed by atoms with Crippen LogP contribution in [0.15, 0.2) is 53.5 Å². The van der Waals surface area contributed by atoms with Gasteiger partial charge in [0.1, 0.15) is 11.5 Å². The number of carbonyl (C=O) groups is 2. The molecule has 4 rings (SSSR count). The van der Waals surface area contributed by atoms with E-state index in [1.54, 1.807) is 24.4 Å². The lowest BCUT2D eigenvalue weighted by atomic mass is 9.85. The topological polar surface area (TPSA) is 116 Å². The lowest BCUT2D eigenvalue weighted by Crippen LogP contribution is -2.24. The molecule has 0 saturated heterocycles. The van der Waals surface area contributed by atoms with E-state index in [2.05, 4.69) is 25.2 Å². The fourth-order valence-corrected chi connectivity index (χ4v) is 5.09. The monoisotopic (exact) mass is 585 g/mol. The highest BCUT2D eigenvalue weighted by Crippen LogP contribution is 2.27. The third-order valence-electron chi connectivity index (χ3n) is 7.12. The summed E-state index contributed by atoms with van der Waals surface area (Å²) in [7, 11) is 0. The van der Waals surface area contributed by atoms with E-state index in [0.29, 0.717) is 48.7 Å². The van der Waals surface area contributed by atoms with Crippen molar-refractivity contribution in [3.63, 3.8) is 0 Å². The van der Waals surface area contributed by atoms with Crippen LogP contribution in [0.3, 0.4) is 0 Å². The zero-order valence-electron chi connectivity index (χ0n) is 23.2. The van der Waals surface area contributed by atoms with Crippen molar-refractivity contribution >= 4 is 17.5 Å². The number of ketones is 1. The number of carbonyl (C=O) groups excluding carboxylic acids is 2. The van der Waals surface area contributed by atoms with Crippen molar-refractivity contribution < 1.29 is 27.5 Å². The average molecular weight is 586 g/mol. The van der Waals surface area contributed by atoms with Crippen LogP contribution < -0.4 is 15.7 Å². The Bertz CT molecular complexity index is 1400. The first kappa shape index (κ1) is 30.9. The highest BCUT2D eigenvalue weighted by Gasteiger charge is 2.31. The standard InChI is InChI=1S/C30H34F3N5O4/c31-30(32,33)42-26-11-6-9-22(18-26)19-28(40)35-27-13-12-23(36-37-27)10-4-5-15-38-16-14-24(34-29(38)41)20-25(39)17-21-7-2-1-3-8-21/h6,9,11-14,16,18,21H,1-5,7-8,10,15,17,19-20H2,(H,35,37,40). The number of Topliss-reactive ketones (excluding diaryl/α,β-unsaturated/α-hetero) is 1. The van der Waals surface area contributed by atoms with Crippen LogP contribution in [-0.4, -0.2) is 37.8 Å². The Hall–Kier alpha value is -4.09. The second kappa shape index (κ2) is 14.7. The minimum atomic E-state index is -4.81. The van der Waals surface area contributed by atoms with Gasteiger partial charge >= 0.3 is 12.1 Å². The van der Waals surface area contributed by atoms with Crippen molar-refractivity contribution in [2.24, 2.45) is 5.92 Å². The Morgan fingerprint density at radius 1 is 0.976 bits per heavy atom. The maximum atomic E-state index is 12.4. The highest BCUT2D eigenvalue weighted by molar-refractivity contribution is 5.91. The van der Waals surface area contributed by atoms with Gasteiger partial charge in [0.2, 0.25) is 5.91 Å².